The van der Waals surface area contributed by atoms with Gasteiger partial charge in [-0.05, 0) is 34.9 Å². The molecule has 8 heteroatoms. The molecule has 6 nitrogen and oxygen atoms in total. The molecule has 2 aromatic heterocycles. The van der Waals surface area contributed by atoms with Crippen molar-refractivity contribution >= 4 is 29.3 Å². The maximum absolute atomic E-state index is 12.8. The SMILES string of the molecule is O=C(Cc1cc[n+]([O-])cc1)N1CCN(C2c3ccc(Cl)cc3SCc3cccnc32)CC1. The molecule has 3 aromatic rings. The van der Waals surface area contributed by atoms with Gasteiger partial charge in [-0.3, -0.25) is 14.7 Å². The first-order valence-corrected chi connectivity index (χ1v) is 12.0. The van der Waals surface area contributed by atoms with E-state index in [9.17, 15) is 10.0 Å². The Kier molecular flexibility index (Phi) is 6.04. The molecule has 0 bridgehead atoms. The largest absolute Gasteiger partial charge is 0.619 e. The summed E-state index contributed by atoms with van der Waals surface area (Å²) < 4.78 is 0.731. The van der Waals surface area contributed by atoms with E-state index in [2.05, 4.69) is 17.0 Å². The summed E-state index contributed by atoms with van der Waals surface area (Å²) in [5.41, 5.74) is 4.42. The monoisotopic (exact) mass is 466 g/mol. The van der Waals surface area contributed by atoms with Crippen LogP contribution in [0.1, 0.15) is 28.4 Å². The van der Waals surface area contributed by atoms with Crippen molar-refractivity contribution in [3.63, 3.8) is 0 Å². The Balaban J connectivity index is 1.35. The number of pyridine rings is 2. The van der Waals surface area contributed by atoms with Gasteiger partial charge in [-0.1, -0.05) is 23.7 Å². The summed E-state index contributed by atoms with van der Waals surface area (Å²) >= 11 is 8.10. The maximum Gasteiger partial charge on any atom is 0.227 e. The van der Waals surface area contributed by atoms with Gasteiger partial charge in [0.25, 0.3) is 0 Å². The van der Waals surface area contributed by atoms with E-state index in [1.54, 1.807) is 23.9 Å². The lowest BCUT2D eigenvalue weighted by atomic mass is 9.97. The molecule has 0 spiro atoms. The first-order valence-electron chi connectivity index (χ1n) is 10.6. The Bertz CT molecular complexity index is 1130. The topological polar surface area (TPSA) is 63.4 Å². The number of thioether (sulfide) groups is 1. The third-order valence-electron chi connectivity index (χ3n) is 6.10. The van der Waals surface area contributed by atoms with Crippen molar-refractivity contribution in [2.75, 3.05) is 26.2 Å². The Labute approximate surface area is 196 Å². The van der Waals surface area contributed by atoms with E-state index < -0.39 is 0 Å². The van der Waals surface area contributed by atoms with E-state index >= 15 is 0 Å². The normalized spacial score (nSPS) is 18.5. The van der Waals surface area contributed by atoms with E-state index in [0.717, 1.165) is 39.9 Å². The molecule has 0 radical (unpaired) electrons. The Morgan fingerprint density at radius 2 is 1.94 bits per heavy atom. The van der Waals surface area contributed by atoms with Crippen molar-refractivity contribution < 1.29 is 9.52 Å². The standard InChI is InChI=1S/C24H23ClN4O2S/c25-19-3-4-20-21(15-19)32-16-18-2-1-7-26-23(18)24(20)28-12-10-27(11-13-28)22(30)14-17-5-8-29(31)9-6-17/h1-9,15,24H,10-14,16H2. The molecule has 1 fully saturated rings. The highest BCUT2D eigenvalue weighted by Gasteiger charge is 2.33. The summed E-state index contributed by atoms with van der Waals surface area (Å²) in [6.07, 6.45) is 5.03. The zero-order valence-electron chi connectivity index (χ0n) is 17.5. The predicted molar refractivity (Wildman–Crippen MR) is 124 cm³/mol. The summed E-state index contributed by atoms with van der Waals surface area (Å²) in [7, 11) is 0. The second kappa shape index (κ2) is 9.10. The van der Waals surface area contributed by atoms with Crippen molar-refractivity contribution in [2.45, 2.75) is 23.1 Å². The summed E-state index contributed by atoms with van der Waals surface area (Å²) in [5.74, 6) is 0.960. The number of hydrogen-bond acceptors (Lipinski definition) is 5. The number of carbonyl (C=O) groups is 1. The van der Waals surface area contributed by atoms with E-state index in [1.165, 1.54) is 28.4 Å². The lowest BCUT2D eigenvalue weighted by Gasteiger charge is -2.39. The summed E-state index contributed by atoms with van der Waals surface area (Å²) in [5, 5.41) is 12.0. The smallest absolute Gasteiger partial charge is 0.227 e. The first-order chi connectivity index (χ1) is 15.6. The van der Waals surface area contributed by atoms with Crippen LogP contribution in [0, 0.1) is 5.21 Å². The van der Waals surface area contributed by atoms with Crippen LogP contribution in [0.5, 0.6) is 0 Å². The average molecular weight is 467 g/mol. The summed E-state index contributed by atoms with van der Waals surface area (Å²) in [6, 6.07) is 13.7. The highest BCUT2D eigenvalue weighted by molar-refractivity contribution is 7.98. The number of fused-ring (bicyclic) bond motifs is 2. The minimum Gasteiger partial charge on any atom is -0.619 e. The van der Waals surface area contributed by atoms with Crippen LogP contribution in [0.4, 0.5) is 0 Å². The number of piperazine rings is 1. The number of benzene rings is 1. The third kappa shape index (κ3) is 4.33. The van der Waals surface area contributed by atoms with Gasteiger partial charge in [0.2, 0.25) is 5.91 Å². The van der Waals surface area contributed by atoms with Gasteiger partial charge in [0.05, 0.1) is 18.2 Å². The van der Waals surface area contributed by atoms with Crippen LogP contribution >= 0.6 is 23.4 Å². The van der Waals surface area contributed by atoms with Gasteiger partial charge in [0.1, 0.15) is 0 Å². The molecule has 32 heavy (non-hydrogen) atoms. The molecular weight excluding hydrogens is 444 g/mol. The molecule has 0 N–H and O–H groups in total. The van der Waals surface area contributed by atoms with E-state index in [-0.39, 0.29) is 11.9 Å². The average Bonchev–Trinajstić information content (AvgIpc) is 2.97. The number of aromatic nitrogens is 2. The molecule has 164 valence electrons. The number of hydrogen-bond donors (Lipinski definition) is 0. The van der Waals surface area contributed by atoms with Crippen molar-refractivity contribution in [3.05, 3.63) is 93.7 Å². The fourth-order valence-electron chi connectivity index (χ4n) is 4.43. The van der Waals surface area contributed by atoms with Crippen LogP contribution in [0.3, 0.4) is 0 Å². The minimum atomic E-state index is 0.0485. The summed E-state index contributed by atoms with van der Waals surface area (Å²) in [6.45, 7) is 2.88. The molecule has 1 saturated heterocycles. The van der Waals surface area contributed by atoms with Crippen molar-refractivity contribution in [2.24, 2.45) is 0 Å². The zero-order chi connectivity index (χ0) is 22.1. The molecule has 0 saturated carbocycles. The van der Waals surface area contributed by atoms with Crippen LogP contribution in [0.25, 0.3) is 0 Å². The van der Waals surface area contributed by atoms with Crippen LogP contribution in [-0.4, -0.2) is 46.9 Å². The fourth-order valence-corrected chi connectivity index (χ4v) is 5.78. The van der Waals surface area contributed by atoms with Crippen LogP contribution in [0.2, 0.25) is 5.02 Å². The number of rotatable bonds is 3. The minimum absolute atomic E-state index is 0.0485. The highest BCUT2D eigenvalue weighted by atomic mass is 35.5. The second-order valence-electron chi connectivity index (χ2n) is 8.08. The maximum atomic E-state index is 12.8. The number of nitrogens with zero attached hydrogens (tertiary/aromatic N) is 4. The Morgan fingerprint density at radius 1 is 1.16 bits per heavy atom. The number of amides is 1. The Hall–Kier alpha value is -2.61. The van der Waals surface area contributed by atoms with E-state index in [1.807, 2.05) is 29.3 Å². The molecule has 0 aliphatic carbocycles. The van der Waals surface area contributed by atoms with E-state index in [0.29, 0.717) is 19.5 Å². The second-order valence-corrected chi connectivity index (χ2v) is 9.53. The lowest BCUT2D eigenvalue weighted by molar-refractivity contribution is -0.605. The third-order valence-corrected chi connectivity index (χ3v) is 7.45. The molecule has 1 unspecified atom stereocenters. The van der Waals surface area contributed by atoms with Gasteiger partial charge in [-0.2, -0.15) is 4.73 Å². The van der Waals surface area contributed by atoms with Gasteiger partial charge >= 0.3 is 0 Å². The number of carbonyl (C=O) groups excluding carboxylic acids is 1. The molecule has 2 aliphatic rings. The first kappa shape index (κ1) is 21.2. The lowest BCUT2D eigenvalue weighted by Crippen LogP contribution is -2.50. The van der Waals surface area contributed by atoms with Crippen molar-refractivity contribution in [1.82, 2.24) is 14.8 Å². The van der Waals surface area contributed by atoms with Gasteiger partial charge < -0.3 is 10.1 Å². The fraction of sp³-hybridized carbons (Fsp3) is 0.292. The molecule has 1 aromatic carbocycles. The molecule has 2 aliphatic heterocycles. The molecule has 5 rings (SSSR count). The molecular formula is C24H23ClN4O2S. The number of halogens is 1. The molecule has 4 heterocycles. The van der Waals surface area contributed by atoms with Crippen molar-refractivity contribution in [1.29, 1.82) is 0 Å². The van der Waals surface area contributed by atoms with Crippen LogP contribution < -0.4 is 4.73 Å². The van der Waals surface area contributed by atoms with E-state index in [4.69, 9.17) is 16.6 Å². The predicted octanol–water partition coefficient (Wildman–Crippen LogP) is 3.45. The molecule has 1 atom stereocenters. The van der Waals surface area contributed by atoms with Crippen molar-refractivity contribution in [3.8, 4) is 0 Å². The zero-order valence-corrected chi connectivity index (χ0v) is 19.1. The summed E-state index contributed by atoms with van der Waals surface area (Å²) in [4.78, 5) is 23.1. The highest BCUT2D eigenvalue weighted by Crippen LogP contribution is 2.42. The van der Waals surface area contributed by atoms with Gasteiger partial charge in [0.15, 0.2) is 12.4 Å². The molecule has 1 amide bonds. The Morgan fingerprint density at radius 3 is 2.72 bits per heavy atom. The van der Waals surface area contributed by atoms with Gasteiger partial charge in [0, 0.05) is 60.2 Å². The van der Waals surface area contributed by atoms with Crippen LogP contribution in [-0.2, 0) is 17.0 Å². The van der Waals surface area contributed by atoms with Gasteiger partial charge in [-0.25, -0.2) is 0 Å². The quantitative estimate of drug-likeness (QED) is 0.437. The van der Waals surface area contributed by atoms with Gasteiger partial charge in [-0.15, -0.1) is 11.8 Å². The van der Waals surface area contributed by atoms with Crippen LogP contribution in [0.15, 0.2) is 66.0 Å².